The molecule has 0 radical (unpaired) electrons. The van der Waals surface area contributed by atoms with Gasteiger partial charge >= 0.3 is 12.0 Å². The van der Waals surface area contributed by atoms with E-state index in [2.05, 4.69) is 10.6 Å². The Bertz CT molecular complexity index is 289. The van der Waals surface area contributed by atoms with Gasteiger partial charge in [-0.05, 0) is 25.7 Å². The van der Waals surface area contributed by atoms with Crippen LogP contribution in [0, 0.1) is 0 Å². The van der Waals surface area contributed by atoms with E-state index in [1.165, 1.54) is 0 Å². The fraction of sp³-hybridized carbons (Fsp3) is 0.818. The predicted molar refractivity (Wildman–Crippen MR) is 63.1 cm³/mol. The zero-order valence-electron chi connectivity index (χ0n) is 10.1. The lowest BCUT2D eigenvalue weighted by molar-refractivity contribution is -0.139. The fourth-order valence-corrected chi connectivity index (χ4v) is 1.99. The molecule has 5 N–H and O–H groups in total. The largest absolute Gasteiger partial charge is 0.480 e. The first-order chi connectivity index (χ1) is 8.52. The number of carbonyl (C=O) groups is 2. The number of amides is 2. The quantitative estimate of drug-likeness (QED) is 0.453. The van der Waals surface area contributed by atoms with Gasteiger partial charge in [-0.25, -0.2) is 9.59 Å². The van der Waals surface area contributed by atoms with Crippen molar-refractivity contribution in [1.29, 1.82) is 0 Å². The Morgan fingerprint density at radius 2 is 1.83 bits per heavy atom. The number of carbonyl (C=O) groups excluding carboxylic acids is 1. The van der Waals surface area contributed by atoms with Gasteiger partial charge in [-0.15, -0.1) is 0 Å². The van der Waals surface area contributed by atoms with E-state index in [4.69, 9.17) is 10.2 Å². The van der Waals surface area contributed by atoms with Gasteiger partial charge in [0.1, 0.15) is 6.04 Å². The van der Waals surface area contributed by atoms with Gasteiger partial charge in [0, 0.05) is 19.1 Å². The van der Waals surface area contributed by atoms with Crippen molar-refractivity contribution < 1.29 is 24.9 Å². The van der Waals surface area contributed by atoms with E-state index in [-0.39, 0.29) is 25.2 Å². The van der Waals surface area contributed by atoms with Crippen LogP contribution in [0.5, 0.6) is 0 Å². The Balaban J connectivity index is 2.33. The molecule has 1 aliphatic rings. The highest BCUT2D eigenvalue weighted by atomic mass is 16.4. The molecular formula is C11H20N2O5. The third kappa shape index (κ3) is 4.89. The van der Waals surface area contributed by atoms with E-state index < -0.39 is 18.0 Å². The number of aliphatic hydroxyl groups excluding tert-OH is 2. The summed E-state index contributed by atoms with van der Waals surface area (Å²) >= 11 is 0. The molecule has 0 heterocycles. The first-order valence-electron chi connectivity index (χ1n) is 6.11. The van der Waals surface area contributed by atoms with Gasteiger partial charge < -0.3 is 26.0 Å². The molecule has 0 spiro atoms. The lowest BCUT2D eigenvalue weighted by atomic mass is 9.93. The van der Waals surface area contributed by atoms with Gasteiger partial charge in [-0.2, -0.15) is 0 Å². The number of carboxylic acids is 1. The molecule has 7 nitrogen and oxygen atoms in total. The normalized spacial score (nSPS) is 25.2. The topological polar surface area (TPSA) is 119 Å². The Morgan fingerprint density at radius 1 is 1.22 bits per heavy atom. The highest BCUT2D eigenvalue weighted by Gasteiger charge is 2.23. The summed E-state index contributed by atoms with van der Waals surface area (Å²) in [6, 6.07) is -1.65. The smallest absolute Gasteiger partial charge is 0.326 e. The minimum absolute atomic E-state index is 0.0217. The van der Waals surface area contributed by atoms with E-state index in [1.54, 1.807) is 0 Å². The summed E-state index contributed by atoms with van der Waals surface area (Å²) in [7, 11) is 0. The highest BCUT2D eigenvalue weighted by molar-refractivity contribution is 5.82. The maximum atomic E-state index is 11.6. The van der Waals surface area contributed by atoms with Crippen LogP contribution in [0.4, 0.5) is 4.79 Å². The molecule has 0 unspecified atom stereocenters. The molecule has 0 saturated heterocycles. The molecule has 0 aromatic carbocycles. The van der Waals surface area contributed by atoms with E-state index in [0.717, 1.165) is 0 Å². The van der Waals surface area contributed by atoms with Gasteiger partial charge in [-0.3, -0.25) is 0 Å². The maximum Gasteiger partial charge on any atom is 0.326 e. The van der Waals surface area contributed by atoms with Crippen LogP contribution in [0.15, 0.2) is 0 Å². The van der Waals surface area contributed by atoms with Crippen LogP contribution >= 0.6 is 0 Å². The van der Waals surface area contributed by atoms with Crippen molar-refractivity contribution in [3.8, 4) is 0 Å². The van der Waals surface area contributed by atoms with Crippen molar-refractivity contribution in [3.63, 3.8) is 0 Å². The molecule has 1 fully saturated rings. The second kappa shape index (κ2) is 7.17. The van der Waals surface area contributed by atoms with Gasteiger partial charge in [0.15, 0.2) is 0 Å². The van der Waals surface area contributed by atoms with Crippen LogP contribution in [0.25, 0.3) is 0 Å². The molecule has 1 rings (SSSR count). The second-order valence-electron chi connectivity index (χ2n) is 4.53. The molecular weight excluding hydrogens is 240 g/mol. The Labute approximate surface area is 105 Å². The molecule has 7 heteroatoms. The summed E-state index contributed by atoms with van der Waals surface area (Å²) in [5, 5.41) is 31.8. The molecule has 2 amide bonds. The Morgan fingerprint density at radius 3 is 2.33 bits per heavy atom. The lowest BCUT2D eigenvalue weighted by Crippen LogP contribution is -2.50. The van der Waals surface area contributed by atoms with Crippen molar-refractivity contribution >= 4 is 12.0 Å². The van der Waals surface area contributed by atoms with Crippen molar-refractivity contribution in [2.45, 2.75) is 50.3 Å². The van der Waals surface area contributed by atoms with Gasteiger partial charge in [0.2, 0.25) is 0 Å². The van der Waals surface area contributed by atoms with Crippen LogP contribution in [0.2, 0.25) is 0 Å². The number of hydrogen-bond donors (Lipinski definition) is 5. The fourth-order valence-electron chi connectivity index (χ4n) is 1.99. The third-order valence-corrected chi connectivity index (χ3v) is 3.05. The summed E-state index contributed by atoms with van der Waals surface area (Å²) in [4.78, 5) is 22.3. The predicted octanol–water partition coefficient (Wildman–Crippen LogP) is -0.575. The van der Waals surface area contributed by atoms with Crippen LogP contribution in [-0.4, -0.2) is 52.1 Å². The molecule has 0 aromatic rings. The molecule has 18 heavy (non-hydrogen) atoms. The number of rotatable bonds is 5. The number of carboxylic acid groups (broad SMARTS) is 1. The molecule has 0 bridgehead atoms. The molecule has 0 aromatic heterocycles. The van der Waals surface area contributed by atoms with Crippen molar-refractivity contribution in [1.82, 2.24) is 10.6 Å². The molecule has 0 aliphatic heterocycles. The number of nitrogens with one attached hydrogen (secondary N) is 2. The van der Waals surface area contributed by atoms with Crippen molar-refractivity contribution in [2.24, 2.45) is 0 Å². The molecule has 1 atom stereocenters. The average molecular weight is 260 g/mol. The number of hydrogen-bond acceptors (Lipinski definition) is 4. The summed E-state index contributed by atoms with van der Waals surface area (Å²) in [6.45, 7) is -0.299. The van der Waals surface area contributed by atoms with E-state index >= 15 is 0 Å². The molecule has 104 valence electrons. The molecule has 1 saturated carbocycles. The minimum atomic E-state index is -1.17. The third-order valence-electron chi connectivity index (χ3n) is 3.05. The second-order valence-corrected chi connectivity index (χ2v) is 4.53. The number of urea groups is 1. The van der Waals surface area contributed by atoms with E-state index in [0.29, 0.717) is 25.7 Å². The number of aliphatic carboxylic acids is 1. The summed E-state index contributed by atoms with van der Waals surface area (Å²) in [5.41, 5.74) is 0. The first kappa shape index (κ1) is 14.7. The van der Waals surface area contributed by atoms with Crippen LogP contribution in [0.1, 0.15) is 32.1 Å². The SMILES string of the molecule is O=C(NC1CCC(O)CC1)N[C@@H](CCO)C(=O)O. The first-order valence-corrected chi connectivity index (χ1v) is 6.11. The molecule has 1 aliphatic carbocycles. The zero-order chi connectivity index (χ0) is 13.5. The van der Waals surface area contributed by atoms with Gasteiger partial charge in [-0.1, -0.05) is 0 Å². The van der Waals surface area contributed by atoms with Crippen molar-refractivity contribution in [3.05, 3.63) is 0 Å². The summed E-state index contributed by atoms with van der Waals surface area (Å²) in [5.74, 6) is -1.17. The van der Waals surface area contributed by atoms with Gasteiger partial charge in [0.25, 0.3) is 0 Å². The van der Waals surface area contributed by atoms with Crippen LogP contribution in [0.3, 0.4) is 0 Å². The summed E-state index contributed by atoms with van der Waals surface area (Å²) in [6.07, 6.45) is 2.34. The maximum absolute atomic E-state index is 11.6. The Hall–Kier alpha value is -1.34. The number of aliphatic hydroxyl groups is 2. The van der Waals surface area contributed by atoms with E-state index in [9.17, 15) is 14.7 Å². The average Bonchev–Trinajstić information content (AvgIpc) is 2.31. The summed E-state index contributed by atoms with van der Waals surface area (Å²) < 4.78 is 0. The monoisotopic (exact) mass is 260 g/mol. The van der Waals surface area contributed by atoms with Crippen LogP contribution in [-0.2, 0) is 4.79 Å². The Kier molecular flexibility index (Phi) is 5.87. The lowest BCUT2D eigenvalue weighted by Gasteiger charge is -2.26. The zero-order valence-corrected chi connectivity index (χ0v) is 10.1. The van der Waals surface area contributed by atoms with E-state index in [1.807, 2.05) is 0 Å². The van der Waals surface area contributed by atoms with Crippen LogP contribution < -0.4 is 10.6 Å². The standard InChI is InChI=1S/C11H20N2O5/c14-6-5-9(10(16)17)13-11(18)12-7-1-3-8(15)4-2-7/h7-9,14-15H,1-6H2,(H,16,17)(H2,12,13,18)/t7?,8?,9-/m0/s1. The highest BCUT2D eigenvalue weighted by Crippen LogP contribution is 2.18. The minimum Gasteiger partial charge on any atom is -0.480 e. The van der Waals surface area contributed by atoms with Crippen molar-refractivity contribution in [2.75, 3.05) is 6.61 Å². The van der Waals surface area contributed by atoms with Gasteiger partial charge in [0.05, 0.1) is 6.10 Å².